The second kappa shape index (κ2) is 9.81. The number of nitrogens with zero attached hydrogens (tertiary/aromatic N) is 5. The maximum atomic E-state index is 15.4. The first-order valence-electron chi connectivity index (χ1n) is 12.3. The Balaban J connectivity index is 1.76. The Labute approximate surface area is 226 Å². The summed E-state index contributed by atoms with van der Waals surface area (Å²) in [5.74, 6) is -1.02. The van der Waals surface area contributed by atoms with E-state index in [4.69, 9.17) is 14.5 Å². The summed E-state index contributed by atoms with van der Waals surface area (Å²) < 4.78 is 43.5. The molecule has 3 atom stereocenters. The van der Waals surface area contributed by atoms with E-state index in [0.29, 0.717) is 6.42 Å². The molecular weight excluding hydrogens is 529 g/mol. The molecule has 0 saturated heterocycles. The smallest absolute Gasteiger partial charge is 0.413 e. The number of hydrogen-bond acceptors (Lipinski definition) is 10. The van der Waals surface area contributed by atoms with Gasteiger partial charge in [0.2, 0.25) is 5.88 Å². The molecule has 2 aromatic heterocycles. The lowest BCUT2D eigenvalue weighted by Gasteiger charge is -2.44. The van der Waals surface area contributed by atoms with Gasteiger partial charge in [0.15, 0.2) is 0 Å². The van der Waals surface area contributed by atoms with E-state index in [0.717, 1.165) is 6.07 Å². The number of nitrogens with one attached hydrogen (secondary N) is 2. The second-order valence-corrected chi connectivity index (χ2v) is 13.9. The van der Waals surface area contributed by atoms with E-state index in [1.807, 2.05) is 0 Å². The molecule has 4 heterocycles. The number of carbonyl (C=O) groups is 2. The van der Waals surface area contributed by atoms with E-state index >= 15 is 4.39 Å². The Hall–Kier alpha value is -3.68. The highest BCUT2D eigenvalue weighted by Gasteiger charge is 2.58. The summed E-state index contributed by atoms with van der Waals surface area (Å²) in [4.78, 5) is 42.5. The number of aliphatic imine (C=N–C) groups is 1. The number of amides is 2. The molecule has 2 amide bonds. The molecule has 0 fully saturated rings. The van der Waals surface area contributed by atoms with E-state index in [2.05, 4.69) is 29.9 Å². The van der Waals surface area contributed by atoms with Gasteiger partial charge in [0.25, 0.3) is 5.91 Å². The van der Waals surface area contributed by atoms with Crippen molar-refractivity contribution in [2.75, 3.05) is 19.0 Å². The van der Waals surface area contributed by atoms with Crippen LogP contribution in [-0.4, -0.2) is 66.2 Å². The summed E-state index contributed by atoms with van der Waals surface area (Å²) in [6, 6.07) is 2.44. The number of fused-ring (bicyclic) bond motifs is 1. The van der Waals surface area contributed by atoms with Gasteiger partial charge >= 0.3 is 6.09 Å². The zero-order chi connectivity index (χ0) is 28.8. The van der Waals surface area contributed by atoms with Crippen LogP contribution in [0.25, 0.3) is 0 Å². The van der Waals surface area contributed by atoms with E-state index in [-0.39, 0.29) is 35.5 Å². The highest BCUT2D eigenvalue weighted by atomic mass is 32.2. The van der Waals surface area contributed by atoms with E-state index in [1.165, 1.54) is 25.6 Å². The first kappa shape index (κ1) is 28.3. The van der Waals surface area contributed by atoms with Crippen molar-refractivity contribution in [1.29, 1.82) is 0 Å². The van der Waals surface area contributed by atoms with E-state index in [9.17, 15) is 13.8 Å². The predicted octanol–water partition coefficient (Wildman–Crippen LogP) is 3.44. The minimum absolute atomic E-state index is 0.00594. The number of rotatable bonds is 4. The number of pyridine rings is 1. The van der Waals surface area contributed by atoms with Crippen LogP contribution in [0.5, 0.6) is 5.88 Å². The molecular formula is C25H32FN7O5S. The number of ether oxygens (including phenoxy) is 2. The Morgan fingerprint density at radius 2 is 1.85 bits per heavy atom. The third-order valence-corrected chi connectivity index (χ3v) is 10.3. The second-order valence-electron chi connectivity index (χ2n) is 10.9. The van der Waals surface area contributed by atoms with Crippen LogP contribution in [0.15, 0.2) is 33.9 Å². The maximum absolute atomic E-state index is 15.4. The van der Waals surface area contributed by atoms with Gasteiger partial charge in [-0.25, -0.2) is 32.7 Å². The van der Waals surface area contributed by atoms with Crippen LogP contribution < -0.4 is 15.4 Å². The SMILES string of the molecule is COc1cnc(C(=O)Nc2ccc(F)c([C@@]3(C)N=C(NC(=O)OC(C)(C)C)C(C)(C)[S@]4(=O)=NCC[C@H]34)n2)cn1. The highest BCUT2D eigenvalue weighted by molar-refractivity contribution is 7.96. The Morgan fingerprint density at radius 1 is 1.13 bits per heavy atom. The molecule has 0 bridgehead atoms. The first-order chi connectivity index (χ1) is 18.1. The zero-order valence-electron chi connectivity index (χ0n) is 22.9. The van der Waals surface area contributed by atoms with Crippen molar-refractivity contribution >= 4 is 33.4 Å². The van der Waals surface area contributed by atoms with Crippen molar-refractivity contribution in [3.8, 4) is 5.88 Å². The van der Waals surface area contributed by atoms with Crippen molar-refractivity contribution in [3.05, 3.63) is 41.7 Å². The van der Waals surface area contributed by atoms with Gasteiger partial charge in [0.1, 0.15) is 44.7 Å². The summed E-state index contributed by atoms with van der Waals surface area (Å²) in [5.41, 5.74) is -2.42. The molecule has 0 aromatic carbocycles. The molecule has 14 heteroatoms. The molecule has 0 unspecified atom stereocenters. The minimum Gasteiger partial charge on any atom is -0.480 e. The molecule has 2 aliphatic rings. The fraction of sp³-hybridized carbons (Fsp3) is 0.520. The van der Waals surface area contributed by atoms with Crippen LogP contribution in [0.2, 0.25) is 0 Å². The van der Waals surface area contributed by atoms with Gasteiger partial charge in [-0.2, -0.15) is 0 Å². The average molecular weight is 562 g/mol. The van der Waals surface area contributed by atoms with Crippen LogP contribution in [0.3, 0.4) is 0 Å². The Kier molecular flexibility index (Phi) is 7.13. The lowest BCUT2D eigenvalue weighted by atomic mass is 9.89. The molecule has 2 aliphatic heterocycles. The minimum atomic E-state index is -3.07. The molecule has 0 radical (unpaired) electrons. The monoisotopic (exact) mass is 561 g/mol. The normalized spacial score (nSPS) is 25.5. The van der Waals surface area contributed by atoms with Gasteiger partial charge in [0.05, 0.1) is 34.5 Å². The number of carbonyl (C=O) groups excluding carboxylic acids is 2. The van der Waals surface area contributed by atoms with Crippen molar-refractivity contribution < 1.29 is 27.7 Å². The van der Waals surface area contributed by atoms with Crippen LogP contribution in [0.4, 0.5) is 15.0 Å². The number of amidine groups is 1. The standard InChI is InChI=1S/C25H32FN7O5S/c1-23(2,3)38-22(35)32-21-24(4,5)39(36)16(10-11-29-39)25(6,33-21)19-14(26)8-9-17(30-19)31-20(34)15-12-28-18(37-7)13-27-15/h8-9,12-13,16H,10-11H2,1-7H3,(H,30,31,34)(H,32,33,35)/t16-,25+,39+/m1/s1. The van der Waals surface area contributed by atoms with Crippen molar-refractivity contribution in [3.63, 3.8) is 0 Å². The number of methoxy groups -OCH3 is 1. The molecule has 39 heavy (non-hydrogen) atoms. The fourth-order valence-corrected chi connectivity index (χ4v) is 7.79. The van der Waals surface area contributed by atoms with Crippen molar-refractivity contribution in [1.82, 2.24) is 20.3 Å². The highest BCUT2D eigenvalue weighted by Crippen LogP contribution is 2.47. The Bertz CT molecular complexity index is 1460. The summed E-state index contributed by atoms with van der Waals surface area (Å²) in [5, 5.41) is 4.51. The average Bonchev–Trinajstić information content (AvgIpc) is 3.27. The third-order valence-electron chi connectivity index (χ3n) is 6.59. The van der Waals surface area contributed by atoms with Gasteiger partial charge in [-0.15, -0.1) is 0 Å². The fourth-order valence-electron chi connectivity index (χ4n) is 4.61. The van der Waals surface area contributed by atoms with Crippen LogP contribution in [0.1, 0.15) is 64.1 Å². The molecule has 2 aromatic rings. The first-order valence-corrected chi connectivity index (χ1v) is 13.8. The lowest BCUT2D eigenvalue weighted by molar-refractivity contribution is 0.0560. The zero-order valence-corrected chi connectivity index (χ0v) is 23.7. The summed E-state index contributed by atoms with van der Waals surface area (Å²) in [7, 11) is -1.65. The van der Waals surface area contributed by atoms with Crippen molar-refractivity contribution in [2.45, 2.75) is 69.1 Å². The molecule has 210 valence electrons. The number of anilines is 1. The molecule has 0 aliphatic carbocycles. The van der Waals surface area contributed by atoms with Crippen LogP contribution in [0, 0.1) is 5.82 Å². The Morgan fingerprint density at radius 3 is 2.46 bits per heavy atom. The largest absolute Gasteiger partial charge is 0.480 e. The molecule has 12 nitrogen and oxygen atoms in total. The van der Waals surface area contributed by atoms with Gasteiger partial charge in [-0.1, -0.05) is 0 Å². The topological polar surface area (TPSA) is 157 Å². The van der Waals surface area contributed by atoms with Gasteiger partial charge in [-0.05, 0) is 60.1 Å². The molecule has 0 spiro atoms. The van der Waals surface area contributed by atoms with Crippen LogP contribution in [-0.2, 0) is 20.0 Å². The van der Waals surface area contributed by atoms with Crippen molar-refractivity contribution in [2.24, 2.45) is 9.36 Å². The van der Waals surface area contributed by atoms with Gasteiger partial charge in [0, 0.05) is 6.54 Å². The molecule has 2 N–H and O–H groups in total. The number of hydrogen-bond donors (Lipinski definition) is 2. The number of aromatic nitrogens is 3. The summed E-state index contributed by atoms with van der Waals surface area (Å²) in [6.45, 7) is 10.4. The summed E-state index contributed by atoms with van der Waals surface area (Å²) >= 11 is 0. The van der Waals surface area contributed by atoms with E-state index in [1.54, 1.807) is 41.5 Å². The van der Waals surface area contributed by atoms with Gasteiger partial charge in [-0.3, -0.25) is 15.1 Å². The van der Waals surface area contributed by atoms with Crippen LogP contribution >= 0.6 is 0 Å². The van der Waals surface area contributed by atoms with E-state index < -0.39 is 48.7 Å². The lowest BCUT2D eigenvalue weighted by Crippen LogP contribution is -2.61. The summed E-state index contributed by atoms with van der Waals surface area (Å²) in [6.07, 6.45) is 2.11. The predicted molar refractivity (Wildman–Crippen MR) is 143 cm³/mol. The van der Waals surface area contributed by atoms with Gasteiger partial charge < -0.3 is 14.8 Å². The number of alkyl carbamates (subject to hydrolysis) is 1. The molecule has 0 saturated carbocycles. The quantitative estimate of drug-likeness (QED) is 0.575. The third kappa shape index (κ3) is 5.16. The maximum Gasteiger partial charge on any atom is 0.413 e. The molecule has 4 rings (SSSR count). The number of halogens is 1.